The maximum Gasteiger partial charge on any atom is 0.0774 e. The van der Waals surface area contributed by atoms with Gasteiger partial charge in [0.1, 0.15) is 0 Å². The highest BCUT2D eigenvalue weighted by Crippen LogP contribution is 2.38. The summed E-state index contributed by atoms with van der Waals surface area (Å²) in [5, 5.41) is 10.6. The van der Waals surface area contributed by atoms with E-state index in [0.29, 0.717) is 5.92 Å². The summed E-state index contributed by atoms with van der Waals surface area (Å²) < 4.78 is 5.39. The third kappa shape index (κ3) is 2.90. The molecule has 3 atom stereocenters. The minimum atomic E-state index is -0.552. The molecule has 2 unspecified atom stereocenters. The molecule has 0 bridgehead atoms. The highest BCUT2D eigenvalue weighted by atomic mass is 16.5. The summed E-state index contributed by atoms with van der Waals surface area (Å²) in [5.41, 5.74) is 0.710. The lowest BCUT2D eigenvalue weighted by Gasteiger charge is -2.47. The molecule has 17 heavy (non-hydrogen) atoms. The van der Waals surface area contributed by atoms with Crippen LogP contribution in [0.1, 0.15) is 33.1 Å². The SMILES string of the molecule is C=C(C)C1CC[C@](C)(O)C(N2CCOCC2)C1. The Bertz CT molecular complexity index is 282. The van der Waals surface area contributed by atoms with E-state index in [1.165, 1.54) is 5.57 Å². The first kappa shape index (κ1) is 13.1. The van der Waals surface area contributed by atoms with Gasteiger partial charge < -0.3 is 9.84 Å². The van der Waals surface area contributed by atoms with E-state index >= 15 is 0 Å². The molecule has 0 radical (unpaired) electrons. The third-order valence-electron chi connectivity index (χ3n) is 4.41. The van der Waals surface area contributed by atoms with Gasteiger partial charge in [-0.1, -0.05) is 12.2 Å². The second-order valence-electron chi connectivity index (χ2n) is 5.84. The molecule has 0 aromatic rings. The number of aliphatic hydroxyl groups is 1. The number of rotatable bonds is 2. The Morgan fingerprint density at radius 3 is 2.65 bits per heavy atom. The Morgan fingerprint density at radius 2 is 2.06 bits per heavy atom. The van der Waals surface area contributed by atoms with Gasteiger partial charge in [0.25, 0.3) is 0 Å². The zero-order chi connectivity index (χ0) is 12.5. The van der Waals surface area contributed by atoms with Crippen LogP contribution >= 0.6 is 0 Å². The fourth-order valence-electron chi connectivity index (χ4n) is 3.15. The van der Waals surface area contributed by atoms with Crippen molar-refractivity contribution in [1.82, 2.24) is 4.90 Å². The maximum absolute atomic E-state index is 10.6. The van der Waals surface area contributed by atoms with E-state index in [-0.39, 0.29) is 6.04 Å². The minimum absolute atomic E-state index is 0.266. The maximum atomic E-state index is 10.6. The van der Waals surface area contributed by atoms with E-state index in [9.17, 15) is 5.11 Å². The van der Waals surface area contributed by atoms with Gasteiger partial charge in [0, 0.05) is 19.1 Å². The Kier molecular flexibility index (Phi) is 3.91. The van der Waals surface area contributed by atoms with Gasteiger partial charge in [-0.3, -0.25) is 4.90 Å². The smallest absolute Gasteiger partial charge is 0.0774 e. The molecule has 2 aliphatic rings. The highest BCUT2D eigenvalue weighted by molar-refractivity contribution is 5.05. The van der Waals surface area contributed by atoms with Gasteiger partial charge in [-0.05, 0) is 39.0 Å². The van der Waals surface area contributed by atoms with Crippen molar-refractivity contribution >= 4 is 0 Å². The van der Waals surface area contributed by atoms with Crippen molar-refractivity contribution in [1.29, 1.82) is 0 Å². The lowest BCUT2D eigenvalue weighted by Crippen LogP contribution is -2.57. The Morgan fingerprint density at radius 1 is 1.41 bits per heavy atom. The molecule has 2 rings (SSSR count). The summed E-state index contributed by atoms with van der Waals surface area (Å²) in [6, 6.07) is 0.266. The molecular formula is C14H25NO2. The first-order valence-corrected chi connectivity index (χ1v) is 6.70. The number of ether oxygens (including phenoxy) is 1. The van der Waals surface area contributed by atoms with Crippen LogP contribution in [0.15, 0.2) is 12.2 Å². The standard InChI is InChI=1S/C14H25NO2/c1-11(2)12-4-5-14(3,16)13(10-12)15-6-8-17-9-7-15/h12-13,16H,1,4-10H2,2-3H3/t12?,13?,14-/m0/s1. The molecule has 0 aromatic heterocycles. The van der Waals surface area contributed by atoms with Gasteiger partial charge in [-0.25, -0.2) is 0 Å². The van der Waals surface area contributed by atoms with Crippen LogP contribution in [0.4, 0.5) is 0 Å². The molecule has 98 valence electrons. The molecule has 2 fully saturated rings. The predicted molar refractivity (Wildman–Crippen MR) is 69.0 cm³/mol. The third-order valence-corrected chi connectivity index (χ3v) is 4.41. The molecule has 1 aliphatic carbocycles. The summed E-state index contributed by atoms with van der Waals surface area (Å²) >= 11 is 0. The van der Waals surface area contributed by atoms with Crippen LogP contribution in [0.25, 0.3) is 0 Å². The Hall–Kier alpha value is -0.380. The van der Waals surface area contributed by atoms with Gasteiger partial charge in [0.15, 0.2) is 0 Å². The second kappa shape index (κ2) is 5.09. The van der Waals surface area contributed by atoms with Crippen molar-refractivity contribution in [3.05, 3.63) is 12.2 Å². The van der Waals surface area contributed by atoms with E-state index in [2.05, 4.69) is 18.4 Å². The summed E-state index contributed by atoms with van der Waals surface area (Å²) in [6.45, 7) is 11.7. The van der Waals surface area contributed by atoms with Crippen LogP contribution in [0.3, 0.4) is 0 Å². The van der Waals surface area contributed by atoms with Crippen molar-refractivity contribution in [2.45, 2.75) is 44.8 Å². The fourth-order valence-corrected chi connectivity index (χ4v) is 3.15. The lowest BCUT2D eigenvalue weighted by atomic mass is 9.73. The average molecular weight is 239 g/mol. The Labute approximate surface area is 104 Å². The van der Waals surface area contributed by atoms with E-state index < -0.39 is 5.60 Å². The van der Waals surface area contributed by atoms with E-state index in [1.54, 1.807) is 0 Å². The molecule has 0 spiro atoms. The summed E-state index contributed by atoms with van der Waals surface area (Å²) in [6.07, 6.45) is 3.00. The largest absolute Gasteiger partial charge is 0.389 e. The number of nitrogens with zero attached hydrogens (tertiary/aromatic N) is 1. The molecule has 0 amide bonds. The van der Waals surface area contributed by atoms with Gasteiger partial charge in [-0.15, -0.1) is 0 Å². The van der Waals surface area contributed by atoms with Gasteiger partial charge >= 0.3 is 0 Å². The normalized spacial score (nSPS) is 40.2. The highest BCUT2D eigenvalue weighted by Gasteiger charge is 2.41. The van der Waals surface area contributed by atoms with Crippen LogP contribution in [-0.4, -0.2) is 48.0 Å². The van der Waals surface area contributed by atoms with E-state index in [1.807, 2.05) is 6.92 Å². The van der Waals surface area contributed by atoms with E-state index in [4.69, 9.17) is 4.74 Å². The summed E-state index contributed by atoms with van der Waals surface area (Å²) in [5.74, 6) is 0.572. The minimum Gasteiger partial charge on any atom is -0.389 e. The molecule has 1 aliphatic heterocycles. The number of hydrogen-bond donors (Lipinski definition) is 1. The quantitative estimate of drug-likeness (QED) is 0.746. The van der Waals surface area contributed by atoms with Crippen LogP contribution in [0.5, 0.6) is 0 Å². The van der Waals surface area contributed by atoms with E-state index in [0.717, 1.165) is 45.6 Å². The predicted octanol–water partition coefficient (Wildman–Crippen LogP) is 1.81. The second-order valence-corrected chi connectivity index (χ2v) is 5.84. The number of morpholine rings is 1. The number of allylic oxidation sites excluding steroid dienone is 1. The van der Waals surface area contributed by atoms with Crippen LogP contribution in [0.2, 0.25) is 0 Å². The zero-order valence-corrected chi connectivity index (χ0v) is 11.1. The molecule has 1 saturated heterocycles. The molecule has 0 aromatic carbocycles. The summed E-state index contributed by atoms with van der Waals surface area (Å²) in [4.78, 5) is 2.40. The molecule has 1 N–H and O–H groups in total. The topological polar surface area (TPSA) is 32.7 Å². The first-order valence-electron chi connectivity index (χ1n) is 6.70. The van der Waals surface area contributed by atoms with Crippen molar-refractivity contribution < 1.29 is 9.84 Å². The van der Waals surface area contributed by atoms with Gasteiger partial charge in [0.05, 0.1) is 18.8 Å². The molecule has 3 heteroatoms. The molecular weight excluding hydrogens is 214 g/mol. The van der Waals surface area contributed by atoms with Crippen molar-refractivity contribution in [2.75, 3.05) is 26.3 Å². The lowest BCUT2D eigenvalue weighted by molar-refractivity contribution is -0.0938. The monoisotopic (exact) mass is 239 g/mol. The average Bonchev–Trinajstić information content (AvgIpc) is 2.29. The van der Waals surface area contributed by atoms with Crippen LogP contribution in [-0.2, 0) is 4.74 Å². The fraction of sp³-hybridized carbons (Fsp3) is 0.857. The number of hydrogen-bond acceptors (Lipinski definition) is 3. The van der Waals surface area contributed by atoms with Gasteiger partial charge in [-0.2, -0.15) is 0 Å². The van der Waals surface area contributed by atoms with Crippen molar-refractivity contribution in [3.8, 4) is 0 Å². The molecule has 3 nitrogen and oxygen atoms in total. The van der Waals surface area contributed by atoms with Crippen molar-refractivity contribution in [3.63, 3.8) is 0 Å². The van der Waals surface area contributed by atoms with Crippen LogP contribution < -0.4 is 0 Å². The van der Waals surface area contributed by atoms with Crippen molar-refractivity contribution in [2.24, 2.45) is 5.92 Å². The molecule has 1 heterocycles. The first-order chi connectivity index (χ1) is 8.00. The Balaban J connectivity index is 2.06. The zero-order valence-electron chi connectivity index (χ0n) is 11.1. The molecule has 1 saturated carbocycles. The summed E-state index contributed by atoms with van der Waals surface area (Å²) in [7, 11) is 0. The van der Waals surface area contributed by atoms with Crippen LogP contribution in [0, 0.1) is 5.92 Å². The van der Waals surface area contributed by atoms with Gasteiger partial charge in [0.2, 0.25) is 0 Å².